The Morgan fingerprint density at radius 1 is 1.23 bits per heavy atom. The minimum Gasteiger partial charge on any atom is -0.566 e. The summed E-state index contributed by atoms with van der Waals surface area (Å²) in [6, 6.07) is 0. The van der Waals surface area contributed by atoms with Crippen LogP contribution < -0.4 is 39.8 Å². The van der Waals surface area contributed by atoms with Crippen molar-refractivity contribution in [1.82, 2.24) is 19.5 Å². The minimum atomic E-state index is -2.88. The molecule has 0 amide bonds. The average Bonchev–Trinajstić information content (AvgIpc) is 3.54. The summed E-state index contributed by atoms with van der Waals surface area (Å²) in [6.45, 7) is 12.7. The number of fused-ring (bicyclic) bond motifs is 2. The van der Waals surface area contributed by atoms with Crippen LogP contribution in [0.4, 0.5) is 5.82 Å². The second-order valence-electron chi connectivity index (χ2n) is 10.8. The van der Waals surface area contributed by atoms with Crippen molar-refractivity contribution in [3.8, 4) is 0 Å². The molecule has 0 bridgehead atoms. The molecule has 0 radical (unpaired) electrons. The molecular formula is C23H36N5NaO8PSi+. The molecule has 2 unspecified atom stereocenters. The number of imidazole rings is 1. The van der Waals surface area contributed by atoms with Crippen molar-refractivity contribution in [1.29, 1.82) is 0 Å². The topological polar surface area (TPSA) is 151 Å². The molecule has 4 rings (SSSR count). The minimum absolute atomic E-state index is 0. The van der Waals surface area contributed by atoms with Crippen molar-refractivity contribution < 1.29 is 66.9 Å². The molecule has 2 aromatic rings. The van der Waals surface area contributed by atoms with Crippen LogP contribution in [0.2, 0.25) is 18.1 Å². The normalized spacial score (nSPS) is 26.0. The third-order valence-electron chi connectivity index (χ3n) is 7.18. The molecule has 6 atom stereocenters. The third-order valence-corrected chi connectivity index (χ3v) is 12.0. The Bertz CT molecular complexity index is 1180. The van der Waals surface area contributed by atoms with Crippen molar-refractivity contribution in [2.45, 2.75) is 76.8 Å². The Morgan fingerprint density at radius 2 is 1.95 bits per heavy atom. The first-order valence-electron chi connectivity index (χ1n) is 12.4. The molecule has 2 aliphatic heterocycles. The van der Waals surface area contributed by atoms with E-state index in [1.165, 1.54) is 13.4 Å². The van der Waals surface area contributed by atoms with Gasteiger partial charge in [-0.25, -0.2) is 15.0 Å². The molecule has 39 heavy (non-hydrogen) atoms. The fraction of sp³-hybridized carbons (Fsp3) is 0.696. The summed E-state index contributed by atoms with van der Waals surface area (Å²) in [6.07, 6.45) is 3.15. The molecule has 4 heterocycles. The van der Waals surface area contributed by atoms with Crippen LogP contribution >= 0.6 is 8.25 Å². The Morgan fingerprint density at radius 3 is 2.62 bits per heavy atom. The predicted octanol–water partition coefficient (Wildman–Crippen LogP) is -0.144. The van der Waals surface area contributed by atoms with Gasteiger partial charge < -0.3 is 33.6 Å². The number of ether oxygens (including phenoxy) is 4. The second-order valence-corrected chi connectivity index (χ2v) is 16.4. The van der Waals surface area contributed by atoms with E-state index in [2.05, 4.69) is 58.7 Å². The van der Waals surface area contributed by atoms with Crippen LogP contribution in [0.15, 0.2) is 24.3 Å². The predicted molar refractivity (Wildman–Crippen MR) is 139 cm³/mol. The van der Waals surface area contributed by atoms with E-state index in [9.17, 15) is 9.46 Å². The molecule has 0 spiro atoms. The molecular weight excluding hydrogens is 556 g/mol. The molecule has 0 aromatic carbocycles. The molecule has 0 aliphatic carbocycles. The van der Waals surface area contributed by atoms with E-state index >= 15 is 0 Å². The zero-order valence-corrected chi connectivity index (χ0v) is 27.6. The Kier molecular flexibility index (Phi) is 11.2. The van der Waals surface area contributed by atoms with Crippen LogP contribution in [0.5, 0.6) is 0 Å². The van der Waals surface area contributed by atoms with Crippen molar-refractivity contribution in [3.05, 3.63) is 24.3 Å². The Hall–Kier alpha value is -0.873. The van der Waals surface area contributed by atoms with E-state index in [1.54, 1.807) is 13.3 Å². The molecule has 2 aliphatic rings. The van der Waals surface area contributed by atoms with E-state index in [4.69, 9.17) is 23.4 Å². The maximum Gasteiger partial charge on any atom is 1.00 e. The first kappa shape index (κ1) is 32.6. The van der Waals surface area contributed by atoms with Gasteiger partial charge in [0, 0.05) is 13.7 Å². The van der Waals surface area contributed by atoms with E-state index in [0.717, 1.165) is 5.57 Å². The molecule has 13 nitrogen and oxygen atoms in total. The van der Waals surface area contributed by atoms with Gasteiger partial charge in [-0.2, -0.15) is 0 Å². The molecule has 0 saturated carbocycles. The van der Waals surface area contributed by atoms with Crippen molar-refractivity contribution >= 4 is 33.6 Å². The van der Waals surface area contributed by atoms with Gasteiger partial charge in [0.15, 0.2) is 31.5 Å². The van der Waals surface area contributed by atoms with E-state index in [-0.39, 0.29) is 53.4 Å². The quantitative estimate of drug-likeness (QED) is 0.210. The number of rotatable bonds is 11. The Labute approximate surface area is 252 Å². The summed E-state index contributed by atoms with van der Waals surface area (Å²) in [5.74, 6) is 0.527. The van der Waals surface area contributed by atoms with Gasteiger partial charge >= 0.3 is 37.8 Å². The van der Waals surface area contributed by atoms with Crippen molar-refractivity contribution in [2.24, 2.45) is 0 Å². The molecule has 1 N–H and O–H groups in total. The van der Waals surface area contributed by atoms with Gasteiger partial charge in [-0.15, -0.1) is 4.52 Å². The SMILES string of the molecule is COC1O[C@@H]2[C@H](O1)[C@@H](CO[Si](C)(C)C(C)(C)C)O[C@H]2n1cnc2c(NC/C=C(\C)CO[P+](=O)[O-])ncnc21.[Na+]. The van der Waals surface area contributed by atoms with Gasteiger partial charge in [0.1, 0.15) is 31.2 Å². The van der Waals surface area contributed by atoms with Crippen LogP contribution in [-0.2, 0) is 32.5 Å². The number of hydrogen-bond acceptors (Lipinski definition) is 12. The van der Waals surface area contributed by atoms with Gasteiger partial charge in [-0.05, 0) is 35.2 Å². The molecule has 2 saturated heterocycles. The van der Waals surface area contributed by atoms with Gasteiger partial charge in [0.05, 0.1) is 12.9 Å². The van der Waals surface area contributed by atoms with Crippen LogP contribution in [0.1, 0.15) is 33.9 Å². The summed E-state index contributed by atoms with van der Waals surface area (Å²) in [5.41, 5.74) is 1.88. The average molecular weight is 593 g/mol. The van der Waals surface area contributed by atoms with E-state index in [1.807, 2.05) is 10.6 Å². The van der Waals surface area contributed by atoms with Gasteiger partial charge in [-0.1, -0.05) is 26.8 Å². The summed E-state index contributed by atoms with van der Waals surface area (Å²) in [5, 5.41) is 3.25. The second kappa shape index (κ2) is 13.4. The standard InChI is InChI=1S/C23H36N5O8PSi.Na/c1-14(10-32-37(29)30)8-9-24-19-16-20(26-12-25-19)28(13-27-16)21-18-17(35-22(31-5)36-18)15(34-21)11-33-38(6,7)23(2,3)4;/h8,12-13,15,17-18,21-22H,9-11H2,1-7H3,(H,24,25,26);/q;+1/b14-8+;/t15-,17-,18-,21-,22?;/m1./s1. The first-order valence-corrected chi connectivity index (χ1v) is 16.4. The van der Waals surface area contributed by atoms with Gasteiger partial charge in [0.25, 0.3) is 6.48 Å². The maximum absolute atomic E-state index is 10.6. The van der Waals surface area contributed by atoms with Crippen LogP contribution in [-0.4, -0.2) is 79.5 Å². The number of nitrogens with one attached hydrogen (secondary N) is 1. The van der Waals surface area contributed by atoms with Crippen molar-refractivity contribution in [3.63, 3.8) is 0 Å². The third kappa shape index (κ3) is 7.51. The van der Waals surface area contributed by atoms with Crippen LogP contribution in [0, 0.1) is 0 Å². The van der Waals surface area contributed by atoms with Crippen molar-refractivity contribution in [2.75, 3.05) is 32.2 Å². The van der Waals surface area contributed by atoms with Gasteiger partial charge in [0.2, 0.25) is 0 Å². The van der Waals surface area contributed by atoms with E-state index in [0.29, 0.717) is 30.1 Å². The smallest absolute Gasteiger partial charge is 0.566 e. The van der Waals surface area contributed by atoms with Crippen LogP contribution in [0.25, 0.3) is 11.2 Å². The van der Waals surface area contributed by atoms with E-state index < -0.39 is 35.4 Å². The Balaban J connectivity index is 0.00000420. The molecule has 2 aromatic heterocycles. The fourth-order valence-corrected chi connectivity index (χ4v) is 5.31. The number of methoxy groups -OCH3 is 1. The fourth-order valence-electron chi connectivity index (χ4n) is 3.99. The number of hydrogen-bond donors (Lipinski definition) is 1. The van der Waals surface area contributed by atoms with Gasteiger partial charge in [-0.3, -0.25) is 4.57 Å². The summed E-state index contributed by atoms with van der Waals surface area (Å²) >= 11 is 0. The zero-order chi connectivity index (χ0) is 27.7. The zero-order valence-electron chi connectivity index (χ0n) is 23.7. The molecule has 2 fully saturated rings. The molecule has 16 heteroatoms. The number of nitrogens with zero attached hydrogens (tertiary/aromatic N) is 4. The number of aromatic nitrogens is 4. The summed E-state index contributed by atoms with van der Waals surface area (Å²) < 4.78 is 47.3. The summed E-state index contributed by atoms with van der Waals surface area (Å²) in [4.78, 5) is 23.9. The number of anilines is 1. The van der Waals surface area contributed by atoms with Crippen LogP contribution in [0.3, 0.4) is 0 Å². The maximum atomic E-state index is 10.6. The molecule has 210 valence electrons. The summed E-state index contributed by atoms with van der Waals surface area (Å²) in [7, 11) is -3.36. The first-order chi connectivity index (χ1) is 17.9. The monoisotopic (exact) mass is 592 g/mol. The largest absolute Gasteiger partial charge is 1.00 e.